The SMILES string of the molecule is COC(=O)N1C=Nc2ccc(C(F)(F)F)cc2S1(=O)=O. The van der Waals surface area contributed by atoms with Crippen molar-refractivity contribution >= 4 is 28.1 Å². The minimum absolute atomic E-state index is 0.134. The Morgan fingerprint density at radius 2 is 2.00 bits per heavy atom. The van der Waals surface area contributed by atoms with Crippen molar-refractivity contribution in [1.29, 1.82) is 0 Å². The van der Waals surface area contributed by atoms with Gasteiger partial charge in [0.25, 0.3) is 10.0 Å². The van der Waals surface area contributed by atoms with Crippen molar-refractivity contribution in [3.63, 3.8) is 0 Å². The van der Waals surface area contributed by atoms with Crippen LogP contribution in [0.3, 0.4) is 0 Å². The van der Waals surface area contributed by atoms with E-state index in [4.69, 9.17) is 0 Å². The number of ether oxygens (including phenoxy) is 1. The minimum Gasteiger partial charge on any atom is -0.452 e. The van der Waals surface area contributed by atoms with E-state index in [9.17, 15) is 26.4 Å². The van der Waals surface area contributed by atoms with Crippen LogP contribution in [-0.4, -0.2) is 32.3 Å². The molecule has 1 aliphatic rings. The van der Waals surface area contributed by atoms with Gasteiger partial charge >= 0.3 is 12.3 Å². The molecule has 0 unspecified atom stereocenters. The zero-order valence-electron chi connectivity index (χ0n) is 9.88. The van der Waals surface area contributed by atoms with Gasteiger partial charge in [-0.2, -0.15) is 17.5 Å². The Labute approximate surface area is 111 Å². The fourth-order valence-corrected chi connectivity index (χ4v) is 2.84. The van der Waals surface area contributed by atoms with Crippen molar-refractivity contribution in [2.75, 3.05) is 7.11 Å². The summed E-state index contributed by atoms with van der Waals surface area (Å²) in [5.74, 6) is 0. The number of hydrogen-bond acceptors (Lipinski definition) is 5. The van der Waals surface area contributed by atoms with E-state index in [0.717, 1.165) is 13.2 Å². The van der Waals surface area contributed by atoms with Crippen molar-refractivity contribution in [3.8, 4) is 0 Å². The Balaban J connectivity index is 2.62. The van der Waals surface area contributed by atoms with Crippen LogP contribution < -0.4 is 0 Å². The van der Waals surface area contributed by atoms with Crippen LogP contribution in [0.5, 0.6) is 0 Å². The molecule has 0 spiro atoms. The number of carbonyl (C=O) groups is 1. The molecular formula is C10H7F3N2O4S. The van der Waals surface area contributed by atoms with Gasteiger partial charge in [-0.05, 0) is 18.2 Å². The molecule has 0 atom stereocenters. The maximum Gasteiger partial charge on any atom is 0.429 e. The minimum atomic E-state index is -4.71. The van der Waals surface area contributed by atoms with Gasteiger partial charge in [0.2, 0.25) is 0 Å². The first-order chi connectivity index (χ1) is 9.17. The molecule has 1 amide bonds. The summed E-state index contributed by atoms with van der Waals surface area (Å²) in [6, 6.07) is 2.05. The molecule has 0 saturated heterocycles. The lowest BCUT2D eigenvalue weighted by molar-refractivity contribution is -0.137. The highest BCUT2D eigenvalue weighted by molar-refractivity contribution is 7.90. The summed E-state index contributed by atoms with van der Waals surface area (Å²) < 4.78 is 66.2. The molecule has 2 rings (SSSR count). The molecule has 108 valence electrons. The summed E-state index contributed by atoms with van der Waals surface area (Å²) in [4.78, 5) is 14.2. The van der Waals surface area contributed by atoms with Crippen LogP contribution in [0.1, 0.15) is 5.56 Å². The molecule has 0 radical (unpaired) electrons. The first-order valence-corrected chi connectivity index (χ1v) is 6.50. The van der Waals surface area contributed by atoms with Gasteiger partial charge in [0.1, 0.15) is 11.2 Å². The van der Waals surface area contributed by atoms with Crippen LogP contribution in [0.25, 0.3) is 0 Å². The second-order valence-corrected chi connectivity index (χ2v) is 5.48. The maximum atomic E-state index is 12.6. The molecular weight excluding hydrogens is 301 g/mol. The average Bonchev–Trinajstić information content (AvgIpc) is 2.36. The molecule has 1 aliphatic heterocycles. The summed E-state index contributed by atoms with van der Waals surface area (Å²) in [6.07, 6.45) is -5.30. The number of sulfonamides is 1. The van der Waals surface area contributed by atoms with E-state index in [1.54, 1.807) is 0 Å². The Morgan fingerprint density at radius 1 is 1.35 bits per heavy atom. The van der Waals surface area contributed by atoms with Crippen LogP contribution in [-0.2, 0) is 20.9 Å². The lowest BCUT2D eigenvalue weighted by Crippen LogP contribution is -2.37. The number of fused-ring (bicyclic) bond motifs is 1. The molecule has 1 aromatic rings. The van der Waals surface area contributed by atoms with E-state index in [1.165, 1.54) is 0 Å². The van der Waals surface area contributed by atoms with Crippen molar-refractivity contribution in [1.82, 2.24) is 4.31 Å². The quantitative estimate of drug-likeness (QED) is 0.736. The van der Waals surface area contributed by atoms with E-state index in [2.05, 4.69) is 9.73 Å². The Kier molecular flexibility index (Phi) is 3.20. The van der Waals surface area contributed by atoms with Crippen molar-refractivity contribution < 1.29 is 31.1 Å². The molecule has 0 fully saturated rings. The van der Waals surface area contributed by atoms with Crippen molar-refractivity contribution in [2.45, 2.75) is 11.1 Å². The topological polar surface area (TPSA) is 76.0 Å². The van der Waals surface area contributed by atoms with E-state index >= 15 is 0 Å². The second kappa shape index (κ2) is 4.47. The number of methoxy groups -OCH3 is 1. The monoisotopic (exact) mass is 308 g/mol. The van der Waals surface area contributed by atoms with Gasteiger partial charge in [0, 0.05) is 0 Å². The van der Waals surface area contributed by atoms with Gasteiger partial charge in [0.15, 0.2) is 0 Å². The first-order valence-electron chi connectivity index (χ1n) is 5.06. The van der Waals surface area contributed by atoms with Crippen molar-refractivity contribution in [3.05, 3.63) is 23.8 Å². The third-order valence-electron chi connectivity index (χ3n) is 2.48. The number of rotatable bonds is 0. The molecule has 1 aromatic carbocycles. The third-order valence-corrected chi connectivity index (χ3v) is 4.12. The summed E-state index contributed by atoms with van der Waals surface area (Å²) in [5, 5.41) is 0. The summed E-state index contributed by atoms with van der Waals surface area (Å²) in [5.41, 5.74) is -1.33. The van der Waals surface area contributed by atoms with E-state index in [-0.39, 0.29) is 9.99 Å². The summed E-state index contributed by atoms with van der Waals surface area (Å²) in [6.45, 7) is 0. The summed E-state index contributed by atoms with van der Waals surface area (Å²) in [7, 11) is -3.53. The van der Waals surface area contributed by atoms with E-state index in [1.807, 2.05) is 0 Å². The Morgan fingerprint density at radius 3 is 2.55 bits per heavy atom. The molecule has 0 aromatic heterocycles. The zero-order valence-corrected chi connectivity index (χ0v) is 10.7. The first kappa shape index (κ1) is 14.3. The predicted octanol–water partition coefficient (Wildman–Crippen LogP) is 2.14. The Bertz CT molecular complexity index is 697. The number of halogens is 3. The molecule has 0 N–H and O–H groups in total. The largest absolute Gasteiger partial charge is 0.452 e. The van der Waals surface area contributed by atoms with Gasteiger partial charge in [-0.1, -0.05) is 0 Å². The number of benzene rings is 1. The fourth-order valence-electron chi connectivity index (χ4n) is 1.52. The number of alkyl halides is 3. The zero-order chi connectivity index (χ0) is 15.1. The van der Waals surface area contributed by atoms with E-state index in [0.29, 0.717) is 18.5 Å². The lowest BCUT2D eigenvalue weighted by Gasteiger charge is -2.21. The van der Waals surface area contributed by atoms with Crippen LogP contribution in [0.15, 0.2) is 28.1 Å². The van der Waals surface area contributed by atoms with Crippen molar-refractivity contribution in [2.24, 2.45) is 4.99 Å². The van der Waals surface area contributed by atoms with Crippen LogP contribution in [0, 0.1) is 0 Å². The molecule has 0 aliphatic carbocycles. The number of amides is 1. The smallest absolute Gasteiger partial charge is 0.429 e. The fraction of sp³-hybridized carbons (Fsp3) is 0.200. The average molecular weight is 308 g/mol. The number of carbonyl (C=O) groups excluding carboxylic acids is 1. The highest BCUT2D eigenvalue weighted by Crippen LogP contribution is 2.37. The van der Waals surface area contributed by atoms with Gasteiger partial charge in [-0.25, -0.2) is 18.2 Å². The van der Waals surface area contributed by atoms with Gasteiger partial charge in [0.05, 0.1) is 18.4 Å². The standard InChI is InChI=1S/C10H7F3N2O4S/c1-19-9(16)15-5-14-7-3-2-6(10(11,12)13)4-8(7)20(15,17)18/h2-5H,1H3. The van der Waals surface area contributed by atoms with Gasteiger partial charge < -0.3 is 4.74 Å². The molecule has 10 heteroatoms. The van der Waals surface area contributed by atoms with E-state index < -0.39 is 32.8 Å². The lowest BCUT2D eigenvalue weighted by atomic mass is 10.2. The third kappa shape index (κ3) is 2.22. The molecule has 1 heterocycles. The second-order valence-electron chi connectivity index (χ2n) is 3.70. The molecule has 0 bridgehead atoms. The highest BCUT2D eigenvalue weighted by Gasteiger charge is 2.38. The normalized spacial score (nSPS) is 16.7. The van der Waals surface area contributed by atoms with Crippen LogP contribution >= 0.6 is 0 Å². The highest BCUT2D eigenvalue weighted by atomic mass is 32.2. The summed E-state index contributed by atoms with van der Waals surface area (Å²) >= 11 is 0. The number of aliphatic imine (C=N–C) groups is 1. The molecule has 6 nitrogen and oxygen atoms in total. The van der Waals surface area contributed by atoms with Crippen LogP contribution in [0.4, 0.5) is 23.7 Å². The van der Waals surface area contributed by atoms with Crippen LogP contribution in [0.2, 0.25) is 0 Å². The maximum absolute atomic E-state index is 12.6. The predicted molar refractivity (Wildman–Crippen MR) is 61.0 cm³/mol. The van der Waals surface area contributed by atoms with Gasteiger partial charge in [-0.3, -0.25) is 0 Å². The van der Waals surface area contributed by atoms with Gasteiger partial charge in [-0.15, -0.1) is 0 Å². The Hall–Kier alpha value is -2.10. The number of nitrogens with zero attached hydrogens (tertiary/aromatic N) is 2. The number of hydrogen-bond donors (Lipinski definition) is 0. The molecule has 0 saturated carbocycles. The molecule has 20 heavy (non-hydrogen) atoms.